The van der Waals surface area contributed by atoms with Crippen molar-refractivity contribution in [2.75, 3.05) is 6.79 Å². The number of ketones is 1. The third kappa shape index (κ3) is 1.73. The van der Waals surface area contributed by atoms with E-state index in [2.05, 4.69) is 12.1 Å². The van der Waals surface area contributed by atoms with E-state index in [1.165, 1.54) is 0 Å². The summed E-state index contributed by atoms with van der Waals surface area (Å²) in [6.07, 6.45) is 3.56. The molecule has 5 rings (SSSR count). The number of hydrogen-bond donors (Lipinski definition) is 0. The number of carbonyl (C=O) groups is 1. The smallest absolute Gasteiger partial charge is 0.231 e. The molecule has 1 aliphatic carbocycles. The van der Waals surface area contributed by atoms with Crippen LogP contribution in [0.5, 0.6) is 11.5 Å². The molecule has 3 heteroatoms. The summed E-state index contributed by atoms with van der Waals surface area (Å²) >= 11 is 0. The molecule has 3 aromatic rings. The maximum absolute atomic E-state index is 12.1. The second-order valence-corrected chi connectivity index (χ2v) is 5.70. The van der Waals surface area contributed by atoms with Crippen LogP contribution in [0.3, 0.4) is 0 Å². The maximum atomic E-state index is 12.1. The molecular weight excluding hydrogens is 288 g/mol. The quantitative estimate of drug-likeness (QED) is 0.666. The second-order valence-electron chi connectivity index (χ2n) is 5.70. The lowest BCUT2D eigenvalue weighted by molar-refractivity contribution is 0.104. The molecule has 0 bridgehead atoms. The van der Waals surface area contributed by atoms with E-state index in [0.717, 1.165) is 44.5 Å². The predicted octanol–water partition coefficient (Wildman–Crippen LogP) is 4.45. The fourth-order valence-corrected chi connectivity index (χ4v) is 3.35. The van der Waals surface area contributed by atoms with Gasteiger partial charge in [0.15, 0.2) is 17.3 Å². The lowest BCUT2D eigenvalue weighted by Gasteiger charge is -2.16. The van der Waals surface area contributed by atoms with Crippen molar-refractivity contribution >= 4 is 22.6 Å². The highest BCUT2D eigenvalue weighted by molar-refractivity contribution is 6.21. The summed E-state index contributed by atoms with van der Waals surface area (Å²) in [4.78, 5) is 12.1. The monoisotopic (exact) mass is 300 g/mol. The average molecular weight is 300 g/mol. The Kier molecular flexibility index (Phi) is 2.42. The van der Waals surface area contributed by atoms with Gasteiger partial charge >= 0.3 is 0 Å². The van der Waals surface area contributed by atoms with E-state index in [0.29, 0.717) is 0 Å². The number of rotatable bonds is 1. The lowest BCUT2D eigenvalue weighted by Crippen LogP contribution is -2.02. The molecule has 0 saturated carbocycles. The van der Waals surface area contributed by atoms with Gasteiger partial charge in [-0.1, -0.05) is 36.4 Å². The molecular formula is C20H12O3. The van der Waals surface area contributed by atoms with Crippen LogP contribution in [0.2, 0.25) is 0 Å². The number of carbonyl (C=O) groups excluding carboxylic acids is 1. The molecule has 1 heterocycles. The highest BCUT2D eigenvalue weighted by atomic mass is 16.7. The molecule has 0 N–H and O–H groups in total. The van der Waals surface area contributed by atoms with Gasteiger partial charge in [0, 0.05) is 10.9 Å². The van der Waals surface area contributed by atoms with Crippen LogP contribution >= 0.6 is 0 Å². The molecule has 0 radical (unpaired) electrons. The first kappa shape index (κ1) is 12.5. The van der Waals surface area contributed by atoms with E-state index < -0.39 is 0 Å². The molecule has 110 valence electrons. The van der Waals surface area contributed by atoms with Crippen LogP contribution in [-0.2, 0) is 0 Å². The molecule has 0 fully saturated rings. The Bertz CT molecular complexity index is 1010. The van der Waals surface area contributed by atoms with Crippen molar-refractivity contribution in [3.63, 3.8) is 0 Å². The highest BCUT2D eigenvalue weighted by Crippen LogP contribution is 2.40. The Morgan fingerprint density at radius 1 is 0.826 bits per heavy atom. The zero-order chi connectivity index (χ0) is 15.4. The standard InChI is InChI=1S/C20H12O3/c21-17-8-7-15-14(6-4-12-2-1-3-16(17)20(12)15)13-5-9-18-19(10-13)23-11-22-18/h1-10H,11H2. The Labute approximate surface area is 132 Å². The number of hydrogen-bond acceptors (Lipinski definition) is 3. The Hall–Kier alpha value is -3.07. The molecule has 0 saturated heterocycles. The fraction of sp³-hybridized carbons (Fsp3) is 0.0500. The molecule has 0 aromatic heterocycles. The first-order valence-corrected chi connectivity index (χ1v) is 7.49. The number of ether oxygens (including phenoxy) is 2. The van der Waals surface area contributed by atoms with Crippen molar-refractivity contribution in [1.29, 1.82) is 0 Å². The van der Waals surface area contributed by atoms with Gasteiger partial charge in [0.25, 0.3) is 0 Å². The van der Waals surface area contributed by atoms with E-state index in [-0.39, 0.29) is 12.6 Å². The zero-order valence-electron chi connectivity index (χ0n) is 12.2. The first-order valence-electron chi connectivity index (χ1n) is 7.49. The molecule has 0 unspecified atom stereocenters. The third-order valence-corrected chi connectivity index (χ3v) is 4.44. The third-order valence-electron chi connectivity index (χ3n) is 4.44. The van der Waals surface area contributed by atoms with E-state index in [1.807, 2.05) is 42.5 Å². The van der Waals surface area contributed by atoms with Gasteiger partial charge in [-0.2, -0.15) is 0 Å². The summed E-state index contributed by atoms with van der Waals surface area (Å²) in [5.74, 6) is 1.60. The van der Waals surface area contributed by atoms with Crippen LogP contribution in [-0.4, -0.2) is 12.6 Å². The number of allylic oxidation sites excluding steroid dienone is 1. The average Bonchev–Trinajstić information content (AvgIpc) is 3.05. The summed E-state index contributed by atoms with van der Waals surface area (Å²) in [6.45, 7) is 0.266. The van der Waals surface area contributed by atoms with Crippen molar-refractivity contribution in [2.45, 2.75) is 0 Å². The summed E-state index contributed by atoms with van der Waals surface area (Å²) in [7, 11) is 0. The van der Waals surface area contributed by atoms with Crippen LogP contribution in [0, 0.1) is 0 Å². The van der Waals surface area contributed by atoms with Crippen LogP contribution in [0.4, 0.5) is 0 Å². The SMILES string of the molecule is O=C1C=Cc2c(-c3ccc4c(c3)OCO4)ccc3cccc1c23. The lowest BCUT2D eigenvalue weighted by atomic mass is 9.87. The molecule has 0 atom stereocenters. The summed E-state index contributed by atoms with van der Waals surface area (Å²) in [6, 6.07) is 16.0. The summed E-state index contributed by atoms with van der Waals surface area (Å²) in [5, 5.41) is 2.11. The zero-order valence-corrected chi connectivity index (χ0v) is 12.2. The summed E-state index contributed by atoms with van der Waals surface area (Å²) < 4.78 is 10.9. The molecule has 3 aromatic carbocycles. The van der Waals surface area contributed by atoms with E-state index in [4.69, 9.17) is 9.47 Å². The predicted molar refractivity (Wildman–Crippen MR) is 88.9 cm³/mol. The van der Waals surface area contributed by atoms with Gasteiger partial charge in [-0.3, -0.25) is 4.79 Å². The minimum Gasteiger partial charge on any atom is -0.454 e. The van der Waals surface area contributed by atoms with E-state index >= 15 is 0 Å². The normalized spacial score (nSPS) is 14.5. The van der Waals surface area contributed by atoms with Gasteiger partial charge in [-0.05, 0) is 46.4 Å². The topological polar surface area (TPSA) is 35.5 Å². The Morgan fingerprint density at radius 2 is 1.74 bits per heavy atom. The van der Waals surface area contributed by atoms with Gasteiger partial charge < -0.3 is 9.47 Å². The molecule has 0 amide bonds. The van der Waals surface area contributed by atoms with Crippen LogP contribution in [0.1, 0.15) is 15.9 Å². The Balaban J connectivity index is 1.81. The molecule has 23 heavy (non-hydrogen) atoms. The molecule has 0 spiro atoms. The second kappa shape index (κ2) is 4.46. The van der Waals surface area contributed by atoms with Gasteiger partial charge in [-0.15, -0.1) is 0 Å². The molecule has 3 nitrogen and oxygen atoms in total. The van der Waals surface area contributed by atoms with Crippen molar-refractivity contribution in [2.24, 2.45) is 0 Å². The van der Waals surface area contributed by atoms with Gasteiger partial charge in [0.05, 0.1) is 0 Å². The number of fused-ring (bicyclic) bond motifs is 1. The minimum absolute atomic E-state index is 0.0611. The van der Waals surface area contributed by atoms with Gasteiger partial charge in [0.1, 0.15) is 0 Å². The minimum atomic E-state index is 0.0611. The van der Waals surface area contributed by atoms with E-state index in [9.17, 15) is 4.79 Å². The van der Waals surface area contributed by atoms with Crippen LogP contribution < -0.4 is 9.47 Å². The largest absolute Gasteiger partial charge is 0.454 e. The van der Waals surface area contributed by atoms with Gasteiger partial charge in [-0.25, -0.2) is 0 Å². The van der Waals surface area contributed by atoms with Crippen molar-refractivity contribution in [3.8, 4) is 22.6 Å². The highest BCUT2D eigenvalue weighted by Gasteiger charge is 2.19. The molecule has 1 aliphatic heterocycles. The Morgan fingerprint density at radius 3 is 2.70 bits per heavy atom. The molecule has 2 aliphatic rings. The fourth-order valence-electron chi connectivity index (χ4n) is 3.35. The first-order chi connectivity index (χ1) is 11.3. The van der Waals surface area contributed by atoms with E-state index in [1.54, 1.807) is 6.08 Å². The van der Waals surface area contributed by atoms with Crippen molar-refractivity contribution in [3.05, 3.63) is 65.7 Å². The van der Waals surface area contributed by atoms with Crippen LogP contribution in [0.15, 0.2) is 54.6 Å². The van der Waals surface area contributed by atoms with Crippen molar-refractivity contribution in [1.82, 2.24) is 0 Å². The van der Waals surface area contributed by atoms with Crippen molar-refractivity contribution < 1.29 is 14.3 Å². The maximum Gasteiger partial charge on any atom is 0.231 e. The van der Waals surface area contributed by atoms with Crippen LogP contribution in [0.25, 0.3) is 28.0 Å². The van der Waals surface area contributed by atoms with Gasteiger partial charge in [0.2, 0.25) is 6.79 Å². The number of benzene rings is 3. The summed E-state index contributed by atoms with van der Waals surface area (Å²) in [5.41, 5.74) is 3.99.